The van der Waals surface area contributed by atoms with E-state index in [1.165, 1.54) is 6.33 Å². The van der Waals surface area contributed by atoms with Gasteiger partial charge in [0, 0.05) is 7.05 Å². The second kappa shape index (κ2) is 7.21. The number of imidazole rings is 1. The molecule has 116 valence electrons. The Bertz CT molecular complexity index is 686. The zero-order valence-electron chi connectivity index (χ0n) is 12.4. The molecule has 0 aliphatic rings. The molecule has 0 bridgehead atoms. The molecular formula is C14H17N5O3. The third-order valence-electron chi connectivity index (χ3n) is 2.79. The molecule has 8 heteroatoms. The zero-order chi connectivity index (χ0) is 15.9. The Morgan fingerprint density at radius 1 is 1.55 bits per heavy atom. The maximum absolute atomic E-state index is 11.5. The van der Waals surface area contributed by atoms with Crippen molar-refractivity contribution in [2.75, 3.05) is 13.7 Å². The lowest BCUT2D eigenvalue weighted by molar-refractivity contribution is 0.0488. The van der Waals surface area contributed by atoms with Crippen molar-refractivity contribution >= 4 is 24.3 Å². The van der Waals surface area contributed by atoms with Crippen molar-refractivity contribution in [3.8, 4) is 0 Å². The fraction of sp³-hybridized carbons (Fsp3) is 0.286. The van der Waals surface area contributed by atoms with Crippen LogP contribution in [-0.2, 0) is 11.3 Å². The van der Waals surface area contributed by atoms with Crippen LogP contribution in [0.25, 0.3) is 0 Å². The van der Waals surface area contributed by atoms with E-state index in [4.69, 9.17) is 9.15 Å². The van der Waals surface area contributed by atoms with Gasteiger partial charge in [0.1, 0.15) is 11.5 Å². The summed E-state index contributed by atoms with van der Waals surface area (Å²) in [6.45, 7) is 5.85. The molecule has 0 aliphatic carbocycles. The number of H-pyrrole nitrogens is 1. The normalized spacial score (nSPS) is 11.3. The van der Waals surface area contributed by atoms with Crippen molar-refractivity contribution in [1.29, 1.82) is 0 Å². The van der Waals surface area contributed by atoms with E-state index in [9.17, 15) is 4.79 Å². The number of rotatable bonds is 6. The van der Waals surface area contributed by atoms with Gasteiger partial charge in [-0.25, -0.2) is 14.8 Å². The quantitative estimate of drug-likeness (QED) is 0.480. The number of esters is 1. The van der Waals surface area contributed by atoms with Crippen molar-refractivity contribution in [1.82, 2.24) is 15.3 Å². The second-order valence-corrected chi connectivity index (χ2v) is 4.17. The molecule has 2 N–H and O–H groups in total. The van der Waals surface area contributed by atoms with Gasteiger partial charge >= 0.3 is 5.97 Å². The number of aromatic amines is 1. The molecule has 0 aromatic carbocycles. The average molecular weight is 303 g/mol. The van der Waals surface area contributed by atoms with Crippen LogP contribution in [0.4, 0.5) is 5.82 Å². The minimum atomic E-state index is -0.483. The van der Waals surface area contributed by atoms with Crippen LogP contribution in [0.1, 0.15) is 28.9 Å². The Hall–Kier alpha value is -2.90. The van der Waals surface area contributed by atoms with Crippen LogP contribution in [0, 0.1) is 0 Å². The van der Waals surface area contributed by atoms with Crippen molar-refractivity contribution in [3.63, 3.8) is 0 Å². The number of ether oxygens (including phenoxy) is 1. The summed E-state index contributed by atoms with van der Waals surface area (Å²) >= 11 is 0. The first-order valence-electron chi connectivity index (χ1n) is 6.66. The van der Waals surface area contributed by atoms with Gasteiger partial charge in [0.2, 0.25) is 5.76 Å². The van der Waals surface area contributed by atoms with Crippen LogP contribution in [-0.4, -0.2) is 42.1 Å². The summed E-state index contributed by atoms with van der Waals surface area (Å²) in [4.78, 5) is 26.5. The molecule has 2 rings (SSSR count). The first-order valence-corrected chi connectivity index (χ1v) is 6.66. The molecule has 2 aromatic rings. The number of aromatic nitrogens is 2. The lowest BCUT2D eigenvalue weighted by Crippen LogP contribution is -2.24. The maximum atomic E-state index is 11.5. The van der Waals surface area contributed by atoms with Crippen LogP contribution in [0.5, 0.6) is 0 Å². The number of hydrogen-bond acceptors (Lipinski definition) is 6. The Labute approximate surface area is 127 Å². The van der Waals surface area contributed by atoms with E-state index in [0.29, 0.717) is 36.3 Å². The summed E-state index contributed by atoms with van der Waals surface area (Å²) in [5.41, 5.74) is 0.565. The molecule has 22 heavy (non-hydrogen) atoms. The first-order chi connectivity index (χ1) is 10.7. The van der Waals surface area contributed by atoms with Crippen LogP contribution in [0.2, 0.25) is 0 Å². The summed E-state index contributed by atoms with van der Waals surface area (Å²) in [7, 11) is 1.63. The fourth-order valence-corrected chi connectivity index (χ4v) is 1.81. The van der Waals surface area contributed by atoms with E-state index in [2.05, 4.69) is 32.0 Å². The topological polar surface area (TPSA) is 105 Å². The molecule has 0 radical (unpaired) electrons. The summed E-state index contributed by atoms with van der Waals surface area (Å²) in [6.07, 6.45) is 1.51. The molecule has 0 fully saturated rings. The number of carbonyl (C=O) groups is 1. The van der Waals surface area contributed by atoms with Gasteiger partial charge in [-0.1, -0.05) is 0 Å². The number of furan rings is 1. The van der Waals surface area contributed by atoms with Gasteiger partial charge in [0.15, 0.2) is 11.7 Å². The molecule has 2 aromatic heterocycles. The fourth-order valence-electron chi connectivity index (χ4n) is 1.81. The summed E-state index contributed by atoms with van der Waals surface area (Å²) < 4.78 is 10.3. The summed E-state index contributed by atoms with van der Waals surface area (Å²) in [5.74, 6) is 1.33. The van der Waals surface area contributed by atoms with E-state index in [0.717, 1.165) is 0 Å². The zero-order valence-corrected chi connectivity index (χ0v) is 12.4. The molecule has 0 saturated heterocycles. The van der Waals surface area contributed by atoms with E-state index in [-0.39, 0.29) is 5.76 Å². The van der Waals surface area contributed by atoms with Crippen molar-refractivity contribution in [2.45, 2.75) is 13.5 Å². The van der Waals surface area contributed by atoms with E-state index in [1.54, 1.807) is 26.1 Å². The van der Waals surface area contributed by atoms with Gasteiger partial charge in [0.25, 0.3) is 0 Å². The number of hydrogen-bond donors (Lipinski definition) is 2. The number of carbonyl (C=O) groups excluding carboxylic acids is 1. The van der Waals surface area contributed by atoms with Crippen LogP contribution in [0.3, 0.4) is 0 Å². The highest BCUT2D eigenvalue weighted by Crippen LogP contribution is 2.14. The number of amidine groups is 1. The van der Waals surface area contributed by atoms with Gasteiger partial charge in [-0.3, -0.25) is 4.99 Å². The van der Waals surface area contributed by atoms with E-state index < -0.39 is 5.97 Å². The Morgan fingerprint density at radius 2 is 2.36 bits per heavy atom. The third kappa shape index (κ3) is 3.40. The van der Waals surface area contributed by atoms with Gasteiger partial charge < -0.3 is 19.5 Å². The minimum absolute atomic E-state index is 0.168. The highest BCUT2D eigenvalue weighted by Gasteiger charge is 2.14. The standard InChI is InChI=1S/C14H17N5O3/c1-4-21-14(20)10-6-5-9(22-10)7-17-12(15-2)11-13(16-3)19-8-18-11/h5-6,8H,3-4,7H2,1-2H3,(H,15,17)(H,18,19). The van der Waals surface area contributed by atoms with Crippen LogP contribution >= 0.6 is 0 Å². The monoisotopic (exact) mass is 303 g/mol. The molecular weight excluding hydrogens is 286 g/mol. The summed E-state index contributed by atoms with van der Waals surface area (Å²) in [6, 6.07) is 3.27. The highest BCUT2D eigenvalue weighted by molar-refractivity contribution is 6.00. The molecule has 0 aliphatic heterocycles. The van der Waals surface area contributed by atoms with Crippen molar-refractivity contribution in [2.24, 2.45) is 9.98 Å². The molecule has 0 spiro atoms. The first kappa shape index (κ1) is 15.5. The average Bonchev–Trinajstić information content (AvgIpc) is 3.17. The third-order valence-corrected chi connectivity index (χ3v) is 2.79. The van der Waals surface area contributed by atoms with Gasteiger partial charge in [-0.15, -0.1) is 0 Å². The number of aliphatic imine (C=N–C) groups is 2. The molecule has 0 saturated carbocycles. The van der Waals surface area contributed by atoms with Gasteiger partial charge in [0.05, 0.1) is 19.5 Å². The lowest BCUT2D eigenvalue weighted by atomic mass is 10.3. The molecule has 2 heterocycles. The van der Waals surface area contributed by atoms with Crippen molar-refractivity contribution < 1.29 is 13.9 Å². The minimum Gasteiger partial charge on any atom is -0.460 e. The Kier molecular flexibility index (Phi) is 5.07. The Morgan fingerprint density at radius 3 is 3.05 bits per heavy atom. The van der Waals surface area contributed by atoms with Crippen molar-refractivity contribution in [3.05, 3.63) is 35.7 Å². The molecule has 0 amide bonds. The maximum Gasteiger partial charge on any atom is 0.374 e. The smallest absolute Gasteiger partial charge is 0.374 e. The summed E-state index contributed by atoms with van der Waals surface area (Å²) in [5, 5.41) is 3.08. The number of nitrogens with zero attached hydrogens (tertiary/aromatic N) is 3. The largest absolute Gasteiger partial charge is 0.460 e. The molecule has 0 atom stereocenters. The van der Waals surface area contributed by atoms with E-state index in [1.807, 2.05) is 0 Å². The molecule has 0 unspecified atom stereocenters. The Balaban J connectivity index is 2.03. The van der Waals surface area contributed by atoms with Crippen LogP contribution in [0.15, 0.2) is 32.9 Å². The predicted molar refractivity (Wildman–Crippen MR) is 81.8 cm³/mol. The highest BCUT2D eigenvalue weighted by atomic mass is 16.5. The van der Waals surface area contributed by atoms with Crippen LogP contribution < -0.4 is 5.32 Å². The lowest BCUT2D eigenvalue weighted by Gasteiger charge is -2.06. The predicted octanol–water partition coefficient (Wildman–Crippen LogP) is 1.68. The van der Waals surface area contributed by atoms with Gasteiger partial charge in [-0.05, 0) is 25.8 Å². The SMILES string of the molecule is C=Nc1[nH]cnc1/C(=N\C)NCc1ccc(C(=O)OCC)o1. The number of nitrogens with one attached hydrogen (secondary N) is 2. The molecule has 8 nitrogen and oxygen atoms in total. The van der Waals surface area contributed by atoms with Gasteiger partial charge in [-0.2, -0.15) is 0 Å². The van der Waals surface area contributed by atoms with E-state index >= 15 is 0 Å². The second-order valence-electron chi connectivity index (χ2n) is 4.17.